The second-order valence-corrected chi connectivity index (χ2v) is 9.77. The predicted molar refractivity (Wildman–Crippen MR) is 146 cm³/mol. The lowest BCUT2D eigenvalue weighted by molar-refractivity contribution is -0.119. The van der Waals surface area contributed by atoms with Crippen LogP contribution in [0.5, 0.6) is 0 Å². The van der Waals surface area contributed by atoms with Gasteiger partial charge in [-0.25, -0.2) is 4.98 Å². The number of carbonyl (C=O) groups excluding carboxylic acids is 2. The highest BCUT2D eigenvalue weighted by Gasteiger charge is 2.23. The number of anilines is 4. The largest absolute Gasteiger partial charge is 0.365 e. The second kappa shape index (κ2) is 11.0. The molecule has 192 valence electrons. The summed E-state index contributed by atoms with van der Waals surface area (Å²) in [4.78, 5) is 35.1. The van der Waals surface area contributed by atoms with Crippen LogP contribution in [0.3, 0.4) is 0 Å². The molecule has 0 radical (unpaired) electrons. The Balaban J connectivity index is 1.35. The third-order valence-corrected chi connectivity index (χ3v) is 7.15. The molecular formula is C28H33N7O2. The first kappa shape index (κ1) is 24.7. The Morgan fingerprint density at radius 1 is 1.00 bits per heavy atom. The minimum atomic E-state index is -0.609. The summed E-state index contributed by atoms with van der Waals surface area (Å²) in [6, 6.07) is 16.0. The number of nitrogens with two attached hydrogens (primary N) is 2. The van der Waals surface area contributed by atoms with E-state index in [-0.39, 0.29) is 23.6 Å². The number of benzene rings is 2. The molecule has 2 aromatic carbocycles. The summed E-state index contributed by atoms with van der Waals surface area (Å²) in [7, 11) is 0. The molecule has 1 aromatic heterocycles. The fourth-order valence-electron chi connectivity index (χ4n) is 5.06. The van der Waals surface area contributed by atoms with Gasteiger partial charge in [-0.15, -0.1) is 0 Å². The summed E-state index contributed by atoms with van der Waals surface area (Å²) in [5.74, 6) is 0.321. The van der Waals surface area contributed by atoms with Gasteiger partial charge in [0.05, 0.1) is 0 Å². The summed E-state index contributed by atoms with van der Waals surface area (Å²) in [6.07, 6.45) is 8.20. The Morgan fingerprint density at radius 3 is 2.57 bits per heavy atom. The number of piperidine rings is 1. The van der Waals surface area contributed by atoms with E-state index in [1.165, 1.54) is 6.20 Å². The maximum Gasteiger partial charge on any atom is 0.254 e. The zero-order valence-corrected chi connectivity index (χ0v) is 20.8. The average Bonchev–Trinajstić information content (AvgIpc) is 2.91. The highest BCUT2D eigenvalue weighted by Crippen LogP contribution is 2.29. The third kappa shape index (κ3) is 5.72. The fourth-order valence-corrected chi connectivity index (χ4v) is 5.06. The highest BCUT2D eigenvalue weighted by atomic mass is 16.2. The molecule has 37 heavy (non-hydrogen) atoms. The number of rotatable bonds is 7. The number of primary amides is 1. The van der Waals surface area contributed by atoms with Crippen molar-refractivity contribution in [3.63, 3.8) is 0 Å². The zero-order chi connectivity index (χ0) is 25.8. The van der Waals surface area contributed by atoms with Crippen molar-refractivity contribution in [3.05, 3.63) is 60.3 Å². The van der Waals surface area contributed by atoms with E-state index in [9.17, 15) is 9.59 Å². The minimum absolute atomic E-state index is 0.0423. The van der Waals surface area contributed by atoms with Gasteiger partial charge in [-0.05, 0) is 61.1 Å². The molecule has 0 bridgehead atoms. The van der Waals surface area contributed by atoms with E-state index in [2.05, 4.69) is 20.6 Å². The van der Waals surface area contributed by atoms with Crippen molar-refractivity contribution < 1.29 is 9.59 Å². The fraction of sp³-hybridized carbons (Fsp3) is 0.357. The van der Waals surface area contributed by atoms with Gasteiger partial charge < -0.3 is 27.0 Å². The van der Waals surface area contributed by atoms with Crippen molar-refractivity contribution >= 4 is 35.0 Å². The van der Waals surface area contributed by atoms with Gasteiger partial charge in [-0.3, -0.25) is 9.59 Å². The van der Waals surface area contributed by atoms with Crippen LogP contribution in [0.1, 0.15) is 55.3 Å². The SMILES string of the molecule is NC(=O)c1cnc(N[C@@H]2CCCC[C@@H]2N)nc1Nc1cccc(-c2ccc(N3CCCCC3=O)cc2)c1. The third-order valence-electron chi connectivity index (χ3n) is 7.15. The summed E-state index contributed by atoms with van der Waals surface area (Å²) in [6.45, 7) is 0.766. The van der Waals surface area contributed by atoms with E-state index >= 15 is 0 Å². The van der Waals surface area contributed by atoms with Gasteiger partial charge in [-0.1, -0.05) is 37.1 Å². The van der Waals surface area contributed by atoms with Gasteiger partial charge >= 0.3 is 0 Å². The van der Waals surface area contributed by atoms with Gasteiger partial charge in [0.15, 0.2) is 0 Å². The van der Waals surface area contributed by atoms with E-state index in [1.807, 2.05) is 53.4 Å². The molecule has 9 heteroatoms. The first-order valence-corrected chi connectivity index (χ1v) is 12.9. The number of nitrogens with one attached hydrogen (secondary N) is 2. The van der Waals surface area contributed by atoms with Crippen LogP contribution in [0.25, 0.3) is 11.1 Å². The first-order chi connectivity index (χ1) is 18.0. The molecule has 2 fully saturated rings. The molecule has 1 aliphatic carbocycles. The maximum absolute atomic E-state index is 12.3. The topological polar surface area (TPSA) is 139 Å². The lowest BCUT2D eigenvalue weighted by Crippen LogP contribution is -2.43. The van der Waals surface area contributed by atoms with Crippen molar-refractivity contribution in [2.45, 2.75) is 57.0 Å². The van der Waals surface area contributed by atoms with E-state index < -0.39 is 5.91 Å². The van der Waals surface area contributed by atoms with Gasteiger partial charge in [0, 0.05) is 42.6 Å². The van der Waals surface area contributed by atoms with E-state index in [0.29, 0.717) is 18.2 Å². The Morgan fingerprint density at radius 2 is 1.81 bits per heavy atom. The Kier molecular flexibility index (Phi) is 7.32. The Bertz CT molecular complexity index is 1280. The van der Waals surface area contributed by atoms with Gasteiger partial charge in [-0.2, -0.15) is 4.98 Å². The van der Waals surface area contributed by atoms with E-state index in [0.717, 1.165) is 67.6 Å². The van der Waals surface area contributed by atoms with Crippen LogP contribution in [0, 0.1) is 0 Å². The minimum Gasteiger partial charge on any atom is -0.365 e. The molecule has 1 aliphatic heterocycles. The van der Waals surface area contributed by atoms with Crippen molar-refractivity contribution in [1.82, 2.24) is 9.97 Å². The lowest BCUT2D eigenvalue weighted by atomic mass is 9.91. The van der Waals surface area contributed by atoms with Crippen molar-refractivity contribution in [2.75, 3.05) is 22.1 Å². The van der Waals surface area contributed by atoms with Crippen LogP contribution in [-0.4, -0.2) is 40.4 Å². The standard InChI is InChI=1S/C28H33N7O2/c29-23-8-1-2-9-24(23)33-28-31-17-22(26(30)37)27(34-28)32-20-7-5-6-19(16-20)18-11-13-21(14-12-18)35-15-4-3-10-25(35)36/h5-7,11-14,16-17,23-24H,1-4,8-10,15,29H2,(H2,30,37)(H2,31,32,33,34)/t23-,24+/m0/s1. The van der Waals surface area contributed by atoms with Crippen LogP contribution in [0.2, 0.25) is 0 Å². The lowest BCUT2D eigenvalue weighted by Gasteiger charge is -2.29. The van der Waals surface area contributed by atoms with Crippen LogP contribution in [0.4, 0.5) is 23.1 Å². The first-order valence-electron chi connectivity index (χ1n) is 12.9. The number of amides is 2. The number of carbonyl (C=O) groups is 2. The molecule has 0 unspecified atom stereocenters. The van der Waals surface area contributed by atoms with Crippen LogP contribution < -0.4 is 27.0 Å². The molecule has 1 saturated carbocycles. The van der Waals surface area contributed by atoms with Crippen LogP contribution in [0.15, 0.2) is 54.7 Å². The number of nitrogens with zero attached hydrogens (tertiary/aromatic N) is 3. The summed E-state index contributed by atoms with van der Waals surface area (Å²) >= 11 is 0. The maximum atomic E-state index is 12.3. The Hall–Kier alpha value is -3.98. The van der Waals surface area contributed by atoms with Gasteiger partial charge in [0.1, 0.15) is 11.4 Å². The quantitative estimate of drug-likeness (QED) is 0.382. The molecule has 6 N–H and O–H groups in total. The van der Waals surface area contributed by atoms with Gasteiger partial charge in [0.25, 0.3) is 5.91 Å². The summed E-state index contributed by atoms with van der Waals surface area (Å²) in [5, 5.41) is 6.57. The summed E-state index contributed by atoms with van der Waals surface area (Å²) in [5.41, 5.74) is 15.8. The highest BCUT2D eigenvalue weighted by molar-refractivity contribution is 5.98. The second-order valence-electron chi connectivity index (χ2n) is 9.77. The number of hydrogen-bond acceptors (Lipinski definition) is 7. The van der Waals surface area contributed by atoms with Crippen molar-refractivity contribution in [1.29, 1.82) is 0 Å². The average molecular weight is 500 g/mol. The molecule has 5 rings (SSSR count). The molecule has 3 aromatic rings. The molecule has 2 atom stereocenters. The Labute approximate surface area is 216 Å². The normalized spacial score (nSPS) is 19.9. The monoisotopic (exact) mass is 499 g/mol. The zero-order valence-electron chi connectivity index (χ0n) is 20.8. The number of hydrogen-bond donors (Lipinski definition) is 4. The smallest absolute Gasteiger partial charge is 0.254 e. The molecule has 2 amide bonds. The van der Waals surface area contributed by atoms with Crippen molar-refractivity contribution in [3.8, 4) is 11.1 Å². The van der Waals surface area contributed by atoms with E-state index in [1.54, 1.807) is 0 Å². The molecule has 2 heterocycles. The molecule has 9 nitrogen and oxygen atoms in total. The number of aromatic nitrogens is 2. The summed E-state index contributed by atoms with van der Waals surface area (Å²) < 4.78 is 0. The molecule has 1 saturated heterocycles. The van der Waals surface area contributed by atoms with Crippen LogP contribution in [-0.2, 0) is 4.79 Å². The molecule has 0 spiro atoms. The van der Waals surface area contributed by atoms with Crippen LogP contribution >= 0.6 is 0 Å². The predicted octanol–water partition coefficient (Wildman–Crippen LogP) is 4.18. The molecular weight excluding hydrogens is 466 g/mol. The van der Waals surface area contributed by atoms with Crippen molar-refractivity contribution in [2.24, 2.45) is 11.5 Å². The molecule has 2 aliphatic rings. The van der Waals surface area contributed by atoms with E-state index in [4.69, 9.17) is 11.5 Å². The van der Waals surface area contributed by atoms with Gasteiger partial charge in [0.2, 0.25) is 11.9 Å².